The molecular formula is C10H9NO. The Kier molecular flexibility index (Phi) is 1.67. The zero-order valence-corrected chi connectivity index (χ0v) is 6.60. The maximum atomic E-state index is 10.6. The molecule has 2 nitrogen and oxygen atoms in total. The molecule has 12 heavy (non-hydrogen) atoms. The van der Waals surface area contributed by atoms with Crippen molar-refractivity contribution in [2.75, 3.05) is 0 Å². The van der Waals surface area contributed by atoms with Crippen molar-refractivity contribution in [1.82, 2.24) is 4.57 Å². The molecule has 0 unspecified atom stereocenters. The molecule has 1 aromatic rings. The highest BCUT2D eigenvalue weighted by molar-refractivity contribution is 5.65. The van der Waals surface area contributed by atoms with Gasteiger partial charge in [0.2, 0.25) is 6.41 Å². The van der Waals surface area contributed by atoms with E-state index in [0.717, 1.165) is 18.5 Å². The van der Waals surface area contributed by atoms with E-state index < -0.39 is 0 Å². The molecular weight excluding hydrogens is 150 g/mol. The zero-order valence-electron chi connectivity index (χ0n) is 6.60. The second-order valence-corrected chi connectivity index (χ2v) is 2.73. The van der Waals surface area contributed by atoms with E-state index >= 15 is 0 Å². The third-order valence-electron chi connectivity index (χ3n) is 2.00. The van der Waals surface area contributed by atoms with Crippen LogP contribution in [0.15, 0.2) is 30.5 Å². The van der Waals surface area contributed by atoms with Gasteiger partial charge in [-0.15, -0.1) is 0 Å². The first-order chi connectivity index (χ1) is 5.92. The first-order valence-electron chi connectivity index (χ1n) is 3.90. The van der Waals surface area contributed by atoms with Crippen LogP contribution in [-0.2, 0) is 11.2 Å². The predicted molar refractivity (Wildman–Crippen MR) is 48.5 cm³/mol. The summed E-state index contributed by atoms with van der Waals surface area (Å²) in [5, 5.41) is 0. The zero-order chi connectivity index (χ0) is 8.39. The van der Waals surface area contributed by atoms with Crippen LogP contribution in [0.2, 0.25) is 0 Å². The molecule has 0 spiro atoms. The Bertz CT molecular complexity index is 358. The van der Waals surface area contributed by atoms with Gasteiger partial charge in [-0.25, -0.2) is 0 Å². The second kappa shape index (κ2) is 2.81. The minimum Gasteiger partial charge on any atom is -0.290 e. The van der Waals surface area contributed by atoms with Crippen LogP contribution in [0.5, 0.6) is 0 Å². The average Bonchev–Trinajstić information content (AvgIpc) is 2.33. The molecule has 1 aromatic heterocycles. The highest BCUT2D eigenvalue weighted by Crippen LogP contribution is 2.15. The normalized spacial score (nSPS) is 14.0. The van der Waals surface area contributed by atoms with Crippen molar-refractivity contribution in [3.63, 3.8) is 0 Å². The molecule has 2 heteroatoms. The fourth-order valence-electron chi connectivity index (χ4n) is 1.38. The molecule has 1 aliphatic rings. The van der Waals surface area contributed by atoms with Gasteiger partial charge in [0.15, 0.2) is 0 Å². The molecule has 0 N–H and O–H groups in total. The summed E-state index contributed by atoms with van der Waals surface area (Å²) in [6.07, 6.45) is 11.5. The number of rotatable bonds is 1. The highest BCUT2D eigenvalue weighted by atomic mass is 16.1. The Morgan fingerprint density at radius 3 is 3.17 bits per heavy atom. The number of hydrogen-bond acceptors (Lipinski definition) is 1. The number of carbonyl (C=O) groups is 1. The Hall–Kier alpha value is -1.57. The molecule has 1 heterocycles. The van der Waals surface area contributed by atoms with E-state index in [0.29, 0.717) is 0 Å². The lowest BCUT2D eigenvalue weighted by Crippen LogP contribution is -1.95. The van der Waals surface area contributed by atoms with Crippen molar-refractivity contribution in [2.45, 2.75) is 6.42 Å². The number of nitrogens with zero attached hydrogens (tertiary/aromatic N) is 1. The molecule has 0 atom stereocenters. The van der Waals surface area contributed by atoms with Gasteiger partial charge in [-0.2, -0.15) is 0 Å². The molecule has 0 aliphatic heterocycles. The molecule has 0 bridgehead atoms. The lowest BCUT2D eigenvalue weighted by atomic mass is 10.2. The van der Waals surface area contributed by atoms with Gasteiger partial charge in [-0.1, -0.05) is 18.2 Å². The fourth-order valence-corrected chi connectivity index (χ4v) is 1.38. The molecule has 0 fully saturated rings. The Labute approximate surface area is 70.8 Å². The van der Waals surface area contributed by atoms with Crippen LogP contribution in [0, 0.1) is 0 Å². The minimum atomic E-state index is 0.828. The van der Waals surface area contributed by atoms with Crippen LogP contribution in [-0.4, -0.2) is 11.0 Å². The molecule has 0 radical (unpaired) electrons. The Morgan fingerprint density at radius 2 is 2.33 bits per heavy atom. The van der Waals surface area contributed by atoms with Gasteiger partial charge < -0.3 is 0 Å². The molecule has 2 rings (SSSR count). The second-order valence-electron chi connectivity index (χ2n) is 2.73. The first kappa shape index (κ1) is 7.10. The SMILES string of the molecule is O=Cn1ccc2c1C=CC=CC2. The topological polar surface area (TPSA) is 22.0 Å². The summed E-state index contributed by atoms with van der Waals surface area (Å²) in [6.45, 7) is 0. The summed E-state index contributed by atoms with van der Waals surface area (Å²) in [7, 11) is 0. The van der Waals surface area contributed by atoms with Gasteiger partial charge in [0.1, 0.15) is 0 Å². The van der Waals surface area contributed by atoms with Gasteiger partial charge in [0.25, 0.3) is 0 Å². The molecule has 0 amide bonds. The number of allylic oxidation sites excluding steroid dienone is 3. The number of fused-ring (bicyclic) bond motifs is 1. The van der Waals surface area contributed by atoms with Crippen molar-refractivity contribution in [2.24, 2.45) is 0 Å². The minimum absolute atomic E-state index is 0.828. The summed E-state index contributed by atoms with van der Waals surface area (Å²) in [4.78, 5) is 10.6. The number of hydrogen-bond donors (Lipinski definition) is 0. The van der Waals surface area contributed by atoms with Crippen molar-refractivity contribution in [3.05, 3.63) is 41.7 Å². The molecule has 60 valence electrons. The van der Waals surface area contributed by atoms with E-state index in [-0.39, 0.29) is 0 Å². The van der Waals surface area contributed by atoms with Crippen molar-refractivity contribution in [1.29, 1.82) is 0 Å². The fraction of sp³-hybridized carbons (Fsp3) is 0.100. The maximum Gasteiger partial charge on any atom is 0.218 e. The van der Waals surface area contributed by atoms with E-state index in [2.05, 4.69) is 6.08 Å². The van der Waals surface area contributed by atoms with E-state index in [4.69, 9.17) is 0 Å². The van der Waals surface area contributed by atoms with E-state index in [1.165, 1.54) is 5.56 Å². The number of carbonyl (C=O) groups excluding carboxylic acids is 1. The smallest absolute Gasteiger partial charge is 0.218 e. The third kappa shape index (κ3) is 1.01. The van der Waals surface area contributed by atoms with Gasteiger partial charge in [0.05, 0.1) is 5.69 Å². The first-order valence-corrected chi connectivity index (χ1v) is 3.90. The van der Waals surface area contributed by atoms with E-state index in [9.17, 15) is 4.79 Å². The highest BCUT2D eigenvalue weighted by Gasteiger charge is 2.04. The standard InChI is InChI=1S/C10H9NO/c12-8-11-7-6-9-4-2-1-3-5-10(9)11/h1-3,5-8H,4H2. The molecule has 0 aromatic carbocycles. The number of aromatic nitrogens is 1. The molecule has 1 aliphatic carbocycles. The van der Waals surface area contributed by atoms with Gasteiger partial charge in [0, 0.05) is 6.20 Å². The maximum absolute atomic E-state index is 10.6. The van der Waals surface area contributed by atoms with Crippen LogP contribution < -0.4 is 0 Å². The quantitative estimate of drug-likeness (QED) is 0.571. The predicted octanol–water partition coefficient (Wildman–Crippen LogP) is 1.65. The lowest BCUT2D eigenvalue weighted by molar-refractivity contribution is 0.547. The van der Waals surface area contributed by atoms with Gasteiger partial charge in [-0.3, -0.25) is 9.36 Å². The van der Waals surface area contributed by atoms with Crippen LogP contribution in [0.3, 0.4) is 0 Å². The Morgan fingerprint density at radius 1 is 1.42 bits per heavy atom. The summed E-state index contributed by atoms with van der Waals surface area (Å²) in [6, 6.07) is 1.98. The van der Waals surface area contributed by atoms with Crippen molar-refractivity contribution in [3.8, 4) is 0 Å². The summed E-state index contributed by atoms with van der Waals surface area (Å²) < 4.78 is 1.60. The third-order valence-corrected chi connectivity index (χ3v) is 2.00. The molecule has 0 saturated heterocycles. The summed E-state index contributed by atoms with van der Waals surface area (Å²) in [5.41, 5.74) is 2.20. The van der Waals surface area contributed by atoms with Crippen LogP contribution >= 0.6 is 0 Å². The summed E-state index contributed by atoms with van der Waals surface area (Å²) >= 11 is 0. The monoisotopic (exact) mass is 159 g/mol. The van der Waals surface area contributed by atoms with Gasteiger partial charge >= 0.3 is 0 Å². The van der Waals surface area contributed by atoms with Gasteiger partial charge in [-0.05, 0) is 24.1 Å². The Balaban J connectivity index is 2.55. The molecule has 0 saturated carbocycles. The largest absolute Gasteiger partial charge is 0.290 e. The van der Waals surface area contributed by atoms with E-state index in [1.807, 2.05) is 24.3 Å². The summed E-state index contributed by atoms with van der Waals surface area (Å²) in [5.74, 6) is 0. The van der Waals surface area contributed by atoms with Crippen molar-refractivity contribution >= 4 is 12.5 Å². The van der Waals surface area contributed by atoms with Crippen LogP contribution in [0.25, 0.3) is 6.08 Å². The van der Waals surface area contributed by atoms with Crippen LogP contribution in [0.4, 0.5) is 0 Å². The van der Waals surface area contributed by atoms with E-state index in [1.54, 1.807) is 10.8 Å². The average molecular weight is 159 g/mol. The van der Waals surface area contributed by atoms with Crippen LogP contribution in [0.1, 0.15) is 11.3 Å². The lowest BCUT2D eigenvalue weighted by Gasteiger charge is -1.96. The van der Waals surface area contributed by atoms with Crippen molar-refractivity contribution < 1.29 is 4.79 Å².